The molecule has 1 N–H and O–H groups in total. The summed E-state index contributed by atoms with van der Waals surface area (Å²) in [5.74, 6) is -3.11. The Hall–Kier alpha value is -4.03. The van der Waals surface area contributed by atoms with Crippen LogP contribution >= 0.6 is 0 Å². The monoisotopic (exact) mass is 523 g/mol. The van der Waals surface area contributed by atoms with Gasteiger partial charge in [0, 0.05) is 12.6 Å². The first-order valence-corrected chi connectivity index (χ1v) is 10.8. The lowest BCUT2D eigenvalue weighted by Crippen LogP contribution is -2.44. The van der Waals surface area contributed by atoms with Crippen LogP contribution in [0.5, 0.6) is 0 Å². The highest BCUT2D eigenvalue weighted by Gasteiger charge is 2.45. The number of hydrogen-bond donors (Lipinski definition) is 1. The third kappa shape index (κ3) is 4.98. The van der Waals surface area contributed by atoms with E-state index in [9.17, 15) is 35.9 Å². The minimum Gasteiger partial charge on any atom is -0.334 e. The molecule has 0 saturated heterocycles. The number of rotatable bonds is 3. The fraction of sp³-hybridized carbons (Fsp3) is 0.292. The quantitative estimate of drug-likeness (QED) is 0.484. The third-order valence-corrected chi connectivity index (χ3v) is 6.14. The van der Waals surface area contributed by atoms with Gasteiger partial charge in [0.1, 0.15) is 0 Å². The van der Waals surface area contributed by atoms with Gasteiger partial charge in [-0.2, -0.15) is 31.4 Å². The number of fused-ring (bicyclic) bond motifs is 1. The van der Waals surface area contributed by atoms with E-state index in [1.54, 1.807) is 13.8 Å². The summed E-state index contributed by atoms with van der Waals surface area (Å²) in [5, 5.41) is 10.1. The van der Waals surface area contributed by atoms with Gasteiger partial charge in [-0.15, -0.1) is 5.10 Å². The van der Waals surface area contributed by atoms with E-state index in [0.717, 1.165) is 4.90 Å². The molecule has 0 radical (unpaired) electrons. The second kappa shape index (κ2) is 9.12. The lowest BCUT2D eigenvalue weighted by molar-refractivity contribution is -0.143. The molecule has 4 rings (SSSR count). The molecule has 2 amide bonds. The number of nitrogens with zero attached hydrogens (tertiary/aromatic N) is 4. The standard InChI is InChI=1S/C24H19F6N5O2/c1-11-12(2)33-34-22(31-11)32-20(36)18-16-6-4-5-7-17(16)21(37)35(3)19(18)13-8-14(23(25,26)27)10-15(9-13)24(28,29)30/h4-10,18-19H,1-3H3,(H,31,32,34,36)/t18-,19+/m0/s1. The van der Waals surface area contributed by atoms with E-state index in [1.807, 2.05) is 0 Å². The zero-order chi connectivity index (χ0) is 27.3. The molecule has 1 aliphatic rings. The molecular weight excluding hydrogens is 504 g/mol. The van der Waals surface area contributed by atoms with E-state index < -0.39 is 52.8 Å². The van der Waals surface area contributed by atoms with Crippen molar-refractivity contribution in [2.24, 2.45) is 0 Å². The molecule has 2 atom stereocenters. The number of halogens is 6. The van der Waals surface area contributed by atoms with Gasteiger partial charge in [-0.3, -0.25) is 14.9 Å². The number of benzene rings is 2. The number of aromatic nitrogens is 3. The number of likely N-dealkylation sites (N-methyl/N-ethyl adjacent to an activating group) is 1. The van der Waals surface area contributed by atoms with Crippen LogP contribution in [0.2, 0.25) is 0 Å². The Morgan fingerprint density at radius 3 is 2.08 bits per heavy atom. The average Bonchev–Trinajstić information content (AvgIpc) is 2.82. The second-order valence-corrected chi connectivity index (χ2v) is 8.56. The molecule has 37 heavy (non-hydrogen) atoms. The maximum atomic E-state index is 13.6. The van der Waals surface area contributed by atoms with E-state index in [-0.39, 0.29) is 23.1 Å². The lowest BCUT2D eigenvalue weighted by atomic mass is 9.78. The molecule has 0 aliphatic carbocycles. The molecule has 0 unspecified atom stereocenters. The van der Waals surface area contributed by atoms with Crippen molar-refractivity contribution in [1.29, 1.82) is 0 Å². The van der Waals surface area contributed by atoms with Crippen molar-refractivity contribution >= 4 is 17.8 Å². The summed E-state index contributed by atoms with van der Waals surface area (Å²) in [6, 6.07) is 5.41. The predicted octanol–water partition coefficient (Wildman–Crippen LogP) is 5.08. The smallest absolute Gasteiger partial charge is 0.334 e. The number of nitrogens with one attached hydrogen (secondary N) is 1. The molecule has 1 aliphatic heterocycles. The minimum absolute atomic E-state index is 0.00817. The molecule has 0 bridgehead atoms. The fourth-order valence-corrected chi connectivity index (χ4v) is 4.22. The van der Waals surface area contributed by atoms with Crippen molar-refractivity contribution < 1.29 is 35.9 Å². The van der Waals surface area contributed by atoms with Gasteiger partial charge in [0.2, 0.25) is 11.9 Å². The summed E-state index contributed by atoms with van der Waals surface area (Å²) < 4.78 is 81.5. The van der Waals surface area contributed by atoms with Gasteiger partial charge in [-0.05, 0) is 49.2 Å². The van der Waals surface area contributed by atoms with Crippen molar-refractivity contribution in [2.75, 3.05) is 12.4 Å². The first kappa shape index (κ1) is 26.0. The van der Waals surface area contributed by atoms with Gasteiger partial charge in [-0.1, -0.05) is 18.2 Å². The summed E-state index contributed by atoms with van der Waals surface area (Å²) in [5.41, 5.74) is -2.46. The van der Waals surface area contributed by atoms with E-state index >= 15 is 0 Å². The number of alkyl halides is 6. The van der Waals surface area contributed by atoms with Crippen LogP contribution in [-0.2, 0) is 17.1 Å². The molecule has 0 saturated carbocycles. The normalized spacial score (nSPS) is 18.0. The number of carbonyl (C=O) groups excluding carboxylic acids is 2. The Balaban J connectivity index is 1.90. The molecule has 0 fully saturated rings. The average molecular weight is 523 g/mol. The van der Waals surface area contributed by atoms with Crippen LogP contribution in [0.15, 0.2) is 42.5 Å². The highest BCUT2D eigenvalue weighted by atomic mass is 19.4. The summed E-state index contributed by atoms with van der Waals surface area (Å²) in [7, 11) is 1.21. The minimum atomic E-state index is -5.11. The fourth-order valence-electron chi connectivity index (χ4n) is 4.22. The van der Waals surface area contributed by atoms with Crippen LogP contribution < -0.4 is 5.32 Å². The summed E-state index contributed by atoms with van der Waals surface area (Å²) in [6.45, 7) is 3.26. The van der Waals surface area contributed by atoms with E-state index in [2.05, 4.69) is 20.5 Å². The summed E-state index contributed by atoms with van der Waals surface area (Å²) in [4.78, 5) is 31.7. The van der Waals surface area contributed by atoms with Gasteiger partial charge < -0.3 is 4.90 Å². The van der Waals surface area contributed by atoms with Crippen LogP contribution in [0.3, 0.4) is 0 Å². The lowest BCUT2D eigenvalue weighted by Gasteiger charge is -2.40. The molecule has 1 aromatic heterocycles. The molecule has 13 heteroatoms. The third-order valence-electron chi connectivity index (χ3n) is 6.14. The van der Waals surface area contributed by atoms with E-state index in [0.29, 0.717) is 23.5 Å². The first-order chi connectivity index (χ1) is 17.2. The number of aryl methyl sites for hydroxylation is 2. The van der Waals surface area contributed by atoms with E-state index in [1.165, 1.54) is 31.3 Å². The molecule has 194 valence electrons. The Morgan fingerprint density at radius 2 is 1.51 bits per heavy atom. The Kier molecular flexibility index (Phi) is 6.42. The van der Waals surface area contributed by atoms with Gasteiger partial charge in [0.05, 0.1) is 34.5 Å². The van der Waals surface area contributed by atoms with Gasteiger partial charge in [0.15, 0.2) is 0 Å². The zero-order valence-electron chi connectivity index (χ0n) is 19.6. The number of hydrogen-bond acceptors (Lipinski definition) is 5. The Bertz CT molecular complexity index is 1360. The Labute approximate surface area is 206 Å². The van der Waals surface area contributed by atoms with Crippen LogP contribution in [0.4, 0.5) is 32.3 Å². The highest BCUT2D eigenvalue weighted by molar-refractivity contribution is 6.03. The summed E-state index contributed by atoms with van der Waals surface area (Å²) >= 11 is 0. The zero-order valence-corrected chi connectivity index (χ0v) is 19.6. The number of anilines is 1. The van der Waals surface area contributed by atoms with Crippen molar-refractivity contribution in [2.45, 2.75) is 38.2 Å². The van der Waals surface area contributed by atoms with Crippen LogP contribution in [-0.4, -0.2) is 38.9 Å². The highest BCUT2D eigenvalue weighted by Crippen LogP contribution is 2.45. The number of carbonyl (C=O) groups is 2. The van der Waals surface area contributed by atoms with E-state index in [4.69, 9.17) is 0 Å². The first-order valence-electron chi connectivity index (χ1n) is 10.8. The van der Waals surface area contributed by atoms with Crippen LogP contribution in [0.1, 0.15) is 56.0 Å². The predicted molar refractivity (Wildman–Crippen MR) is 118 cm³/mol. The largest absolute Gasteiger partial charge is 0.416 e. The molecule has 3 aromatic rings. The molecule has 2 aromatic carbocycles. The van der Waals surface area contributed by atoms with Crippen LogP contribution in [0.25, 0.3) is 0 Å². The van der Waals surface area contributed by atoms with Crippen molar-refractivity contribution in [3.63, 3.8) is 0 Å². The van der Waals surface area contributed by atoms with Crippen molar-refractivity contribution in [3.05, 3.63) is 81.7 Å². The van der Waals surface area contributed by atoms with Gasteiger partial charge >= 0.3 is 12.4 Å². The van der Waals surface area contributed by atoms with Crippen molar-refractivity contribution in [1.82, 2.24) is 20.1 Å². The molecule has 2 heterocycles. The maximum Gasteiger partial charge on any atom is 0.416 e. The number of amides is 2. The van der Waals surface area contributed by atoms with Gasteiger partial charge in [0.25, 0.3) is 5.91 Å². The molecule has 0 spiro atoms. The van der Waals surface area contributed by atoms with Crippen molar-refractivity contribution in [3.8, 4) is 0 Å². The second-order valence-electron chi connectivity index (χ2n) is 8.56. The molecule has 7 nitrogen and oxygen atoms in total. The SMILES string of the molecule is Cc1nnc(NC(=O)[C@H]2c3ccccc3C(=O)N(C)[C@@H]2c2cc(C(F)(F)F)cc(C(F)(F)F)c2)nc1C. The Morgan fingerprint density at radius 1 is 0.919 bits per heavy atom. The van der Waals surface area contributed by atoms with Gasteiger partial charge in [-0.25, -0.2) is 4.98 Å². The van der Waals surface area contributed by atoms with Crippen LogP contribution in [0, 0.1) is 13.8 Å². The topological polar surface area (TPSA) is 88.1 Å². The summed E-state index contributed by atoms with van der Waals surface area (Å²) in [6.07, 6.45) is -10.2. The maximum absolute atomic E-state index is 13.6. The molecular formula is C24H19F6N5O2.